The summed E-state index contributed by atoms with van der Waals surface area (Å²) >= 11 is 0. The highest BCUT2D eigenvalue weighted by atomic mass is 16.6. The fraction of sp³-hybridized carbons (Fsp3) is 0.364. The molecular formula is C11H13N2O4-. The predicted molar refractivity (Wildman–Crippen MR) is 61.3 cm³/mol. The van der Waals surface area contributed by atoms with Crippen molar-refractivity contribution in [1.29, 1.82) is 0 Å². The van der Waals surface area contributed by atoms with Gasteiger partial charge in [0.25, 0.3) is 5.69 Å². The molecule has 1 aromatic rings. The van der Waals surface area contributed by atoms with Gasteiger partial charge in [-0.05, 0) is 12.0 Å². The second kappa shape index (κ2) is 5.95. The van der Waals surface area contributed by atoms with E-state index < -0.39 is 4.92 Å². The molecule has 1 aromatic carbocycles. The van der Waals surface area contributed by atoms with E-state index >= 15 is 0 Å². The number of aliphatic imine (C=N–C) groups is 1. The lowest BCUT2D eigenvalue weighted by Gasteiger charge is -2.10. The largest absolute Gasteiger partial charge is 0.872 e. The number of rotatable bonds is 5. The molecule has 92 valence electrons. The zero-order valence-electron chi connectivity index (χ0n) is 9.37. The summed E-state index contributed by atoms with van der Waals surface area (Å²) in [7, 11) is 0. The molecule has 17 heavy (non-hydrogen) atoms. The Morgan fingerprint density at radius 2 is 2.29 bits per heavy atom. The van der Waals surface area contributed by atoms with Gasteiger partial charge in [-0.25, -0.2) is 0 Å². The Kier molecular flexibility index (Phi) is 4.59. The van der Waals surface area contributed by atoms with E-state index in [0.29, 0.717) is 6.42 Å². The molecule has 0 unspecified atom stereocenters. The molecule has 6 nitrogen and oxygen atoms in total. The lowest BCUT2D eigenvalue weighted by molar-refractivity contribution is -0.385. The van der Waals surface area contributed by atoms with Gasteiger partial charge in [-0.2, -0.15) is 0 Å². The maximum atomic E-state index is 11.4. The normalized spacial score (nSPS) is 12.8. The summed E-state index contributed by atoms with van der Waals surface area (Å²) in [6.45, 7) is 1.74. The summed E-state index contributed by atoms with van der Waals surface area (Å²) in [6.07, 6.45) is 1.91. The molecule has 1 N–H and O–H groups in total. The SMILES string of the molecule is CC[C@H](CO)N=Cc1cc([N+](=O)[O-])ccc1[O-]. The molecule has 0 aromatic heterocycles. The maximum Gasteiger partial charge on any atom is 0.270 e. The van der Waals surface area contributed by atoms with Crippen LogP contribution in [0.1, 0.15) is 18.9 Å². The Bertz CT molecular complexity index is 427. The molecule has 0 bridgehead atoms. The third-order valence-corrected chi connectivity index (χ3v) is 2.31. The summed E-state index contributed by atoms with van der Waals surface area (Å²) in [5.41, 5.74) is 0.00852. The number of nitro benzene ring substituents is 1. The minimum absolute atomic E-state index is 0.115. The summed E-state index contributed by atoms with van der Waals surface area (Å²) in [6, 6.07) is 3.19. The number of benzene rings is 1. The van der Waals surface area contributed by atoms with Crippen molar-refractivity contribution in [3.63, 3.8) is 0 Å². The van der Waals surface area contributed by atoms with E-state index in [9.17, 15) is 15.2 Å². The van der Waals surface area contributed by atoms with E-state index in [1.54, 1.807) is 0 Å². The number of nitrogens with zero attached hydrogens (tertiary/aromatic N) is 2. The Morgan fingerprint density at radius 1 is 1.59 bits per heavy atom. The molecule has 0 spiro atoms. The van der Waals surface area contributed by atoms with Crippen LogP contribution in [0.5, 0.6) is 5.75 Å². The van der Waals surface area contributed by atoms with Gasteiger partial charge in [0.15, 0.2) is 0 Å². The third-order valence-electron chi connectivity index (χ3n) is 2.31. The Labute approximate surface area is 98.4 Å². The second-order valence-electron chi connectivity index (χ2n) is 3.50. The van der Waals surface area contributed by atoms with Crippen LogP contribution >= 0.6 is 0 Å². The van der Waals surface area contributed by atoms with E-state index in [-0.39, 0.29) is 29.6 Å². The van der Waals surface area contributed by atoms with Gasteiger partial charge in [-0.3, -0.25) is 15.1 Å². The quantitative estimate of drug-likeness (QED) is 0.466. The van der Waals surface area contributed by atoms with Gasteiger partial charge >= 0.3 is 0 Å². The first kappa shape index (κ1) is 13.1. The van der Waals surface area contributed by atoms with Gasteiger partial charge in [0.2, 0.25) is 0 Å². The van der Waals surface area contributed by atoms with E-state index in [0.717, 1.165) is 12.1 Å². The fourth-order valence-corrected chi connectivity index (χ4v) is 1.22. The number of hydrogen-bond donors (Lipinski definition) is 1. The van der Waals surface area contributed by atoms with E-state index in [4.69, 9.17) is 5.11 Å². The van der Waals surface area contributed by atoms with Crippen LogP contribution in [0, 0.1) is 10.1 Å². The van der Waals surface area contributed by atoms with E-state index in [1.807, 2.05) is 6.92 Å². The van der Waals surface area contributed by atoms with Crippen molar-refractivity contribution in [2.75, 3.05) is 6.61 Å². The predicted octanol–water partition coefficient (Wildman–Crippen LogP) is 0.858. The molecule has 0 saturated carbocycles. The average molecular weight is 237 g/mol. The van der Waals surface area contributed by atoms with Crippen LogP contribution in [0.4, 0.5) is 5.69 Å². The lowest BCUT2D eigenvalue weighted by atomic mass is 10.2. The van der Waals surface area contributed by atoms with Crippen LogP contribution < -0.4 is 5.11 Å². The molecule has 0 aliphatic heterocycles. The molecule has 0 saturated heterocycles. The number of aliphatic hydroxyl groups excluding tert-OH is 1. The van der Waals surface area contributed by atoms with E-state index in [2.05, 4.69) is 4.99 Å². The molecule has 1 rings (SSSR count). The fourth-order valence-electron chi connectivity index (χ4n) is 1.22. The van der Waals surface area contributed by atoms with Crippen LogP contribution in [0.3, 0.4) is 0 Å². The zero-order valence-corrected chi connectivity index (χ0v) is 9.37. The Balaban J connectivity index is 2.97. The van der Waals surface area contributed by atoms with Gasteiger partial charge in [-0.1, -0.05) is 18.7 Å². The average Bonchev–Trinajstić information content (AvgIpc) is 2.32. The van der Waals surface area contributed by atoms with Crippen molar-refractivity contribution in [2.45, 2.75) is 19.4 Å². The van der Waals surface area contributed by atoms with Crippen molar-refractivity contribution in [2.24, 2.45) is 4.99 Å². The maximum absolute atomic E-state index is 11.4. The Hall–Kier alpha value is -1.95. The minimum Gasteiger partial charge on any atom is -0.872 e. The molecule has 6 heteroatoms. The molecule has 1 atom stereocenters. The van der Waals surface area contributed by atoms with E-state index in [1.165, 1.54) is 12.3 Å². The third kappa shape index (κ3) is 3.53. The number of nitro groups is 1. The van der Waals surface area contributed by atoms with Crippen molar-refractivity contribution in [3.8, 4) is 5.75 Å². The van der Waals surface area contributed by atoms with Crippen LogP contribution in [-0.4, -0.2) is 28.9 Å². The van der Waals surface area contributed by atoms with Gasteiger partial charge < -0.3 is 10.2 Å². The van der Waals surface area contributed by atoms with Crippen LogP contribution in [-0.2, 0) is 0 Å². The molecule has 0 aliphatic rings. The van der Waals surface area contributed by atoms with Gasteiger partial charge in [0, 0.05) is 18.3 Å². The highest BCUT2D eigenvalue weighted by Gasteiger charge is 2.06. The van der Waals surface area contributed by atoms with Crippen LogP contribution in [0.2, 0.25) is 0 Å². The van der Waals surface area contributed by atoms with Crippen molar-refractivity contribution >= 4 is 11.9 Å². The topological polar surface area (TPSA) is 98.8 Å². The van der Waals surface area contributed by atoms with Gasteiger partial charge in [0.05, 0.1) is 17.6 Å². The summed E-state index contributed by atoms with van der Waals surface area (Å²) < 4.78 is 0. The first-order chi connectivity index (χ1) is 8.08. The zero-order chi connectivity index (χ0) is 12.8. The molecular weight excluding hydrogens is 224 g/mol. The lowest BCUT2D eigenvalue weighted by Crippen LogP contribution is -2.09. The van der Waals surface area contributed by atoms with Crippen molar-refractivity contribution < 1.29 is 15.1 Å². The second-order valence-corrected chi connectivity index (χ2v) is 3.50. The number of non-ortho nitro benzene ring substituents is 1. The smallest absolute Gasteiger partial charge is 0.270 e. The standard InChI is InChI=1S/C11H14N2O4/c1-2-9(7-14)12-6-8-5-10(13(16)17)3-4-11(8)15/h3-6,9,14-15H,2,7H2,1H3/p-1/t9-/m1/s1. The first-order valence-corrected chi connectivity index (χ1v) is 5.18. The van der Waals surface area contributed by atoms with Gasteiger partial charge in [-0.15, -0.1) is 0 Å². The molecule has 0 heterocycles. The van der Waals surface area contributed by atoms with Crippen LogP contribution in [0.15, 0.2) is 23.2 Å². The van der Waals surface area contributed by atoms with Crippen molar-refractivity contribution in [1.82, 2.24) is 0 Å². The monoisotopic (exact) mass is 237 g/mol. The molecule has 0 radical (unpaired) electrons. The molecule has 0 fully saturated rings. The highest BCUT2D eigenvalue weighted by Crippen LogP contribution is 2.19. The van der Waals surface area contributed by atoms with Crippen molar-refractivity contribution in [3.05, 3.63) is 33.9 Å². The highest BCUT2D eigenvalue weighted by molar-refractivity contribution is 5.84. The summed E-state index contributed by atoms with van der Waals surface area (Å²) in [5.74, 6) is -0.327. The van der Waals surface area contributed by atoms with Gasteiger partial charge in [0.1, 0.15) is 0 Å². The Morgan fingerprint density at radius 3 is 2.82 bits per heavy atom. The number of aliphatic hydroxyl groups is 1. The summed E-state index contributed by atoms with van der Waals surface area (Å²) in [4.78, 5) is 14.0. The first-order valence-electron chi connectivity index (χ1n) is 5.18. The minimum atomic E-state index is -0.569. The number of hydrogen-bond acceptors (Lipinski definition) is 5. The molecule has 0 aliphatic carbocycles. The summed E-state index contributed by atoms with van der Waals surface area (Å²) in [5, 5.41) is 30.9. The molecule has 0 amide bonds. The van der Waals surface area contributed by atoms with Crippen LogP contribution in [0.25, 0.3) is 0 Å².